The predicted molar refractivity (Wildman–Crippen MR) is 99.3 cm³/mol. The van der Waals surface area contributed by atoms with E-state index in [0.29, 0.717) is 58.0 Å². The van der Waals surface area contributed by atoms with Gasteiger partial charge in [0, 0.05) is 19.6 Å². The molecule has 2 rings (SSSR count). The first-order valence-electron chi connectivity index (χ1n) is 8.59. The van der Waals surface area contributed by atoms with Crippen LogP contribution >= 0.6 is 0 Å². The second-order valence-electron chi connectivity index (χ2n) is 5.39. The van der Waals surface area contributed by atoms with E-state index < -0.39 is 0 Å². The number of hydrogen-bond donors (Lipinski definition) is 3. The van der Waals surface area contributed by atoms with Crippen molar-refractivity contribution in [1.29, 1.82) is 0 Å². The predicted octanol–water partition coefficient (Wildman–Crippen LogP) is 1.04. The average Bonchev–Trinajstić information content (AvgIpc) is 2.68. The van der Waals surface area contributed by atoms with Gasteiger partial charge in [-0.25, -0.2) is 4.39 Å². The van der Waals surface area contributed by atoms with Gasteiger partial charge in [0.2, 0.25) is 11.9 Å². The average molecular weight is 380 g/mol. The largest absolute Gasteiger partial charge is 0.467 e. The highest BCUT2D eigenvalue weighted by Gasteiger charge is 2.07. The first-order valence-corrected chi connectivity index (χ1v) is 8.59. The van der Waals surface area contributed by atoms with Crippen molar-refractivity contribution in [1.82, 2.24) is 15.0 Å². The monoisotopic (exact) mass is 380 g/mol. The number of ether oxygens (including phenoxy) is 3. The van der Waals surface area contributed by atoms with Crippen LogP contribution in [0.3, 0.4) is 0 Å². The fourth-order valence-corrected chi connectivity index (χ4v) is 2.07. The van der Waals surface area contributed by atoms with Crippen LogP contribution < -0.4 is 21.1 Å². The van der Waals surface area contributed by atoms with Crippen LogP contribution in [-0.4, -0.2) is 61.6 Å². The van der Waals surface area contributed by atoms with Crippen LogP contribution in [0.25, 0.3) is 0 Å². The Kier molecular flexibility index (Phi) is 9.18. The van der Waals surface area contributed by atoms with Gasteiger partial charge in [0.1, 0.15) is 5.82 Å². The van der Waals surface area contributed by atoms with Gasteiger partial charge in [-0.3, -0.25) is 0 Å². The molecule has 0 amide bonds. The molecule has 9 nitrogen and oxygen atoms in total. The summed E-state index contributed by atoms with van der Waals surface area (Å²) in [5.41, 5.74) is 6.10. The maximum atomic E-state index is 13.2. The molecule has 1 aromatic carbocycles. The third-order valence-electron chi connectivity index (χ3n) is 3.30. The molecule has 4 N–H and O–H groups in total. The van der Waals surface area contributed by atoms with Crippen LogP contribution in [0.1, 0.15) is 5.56 Å². The first-order chi connectivity index (χ1) is 13.2. The van der Waals surface area contributed by atoms with Crippen molar-refractivity contribution in [2.24, 2.45) is 5.73 Å². The summed E-state index contributed by atoms with van der Waals surface area (Å²) in [6.07, 6.45) is 0. The molecule has 0 radical (unpaired) electrons. The fourth-order valence-electron chi connectivity index (χ4n) is 2.07. The second kappa shape index (κ2) is 11.9. The van der Waals surface area contributed by atoms with Crippen LogP contribution in [0.2, 0.25) is 0 Å². The van der Waals surface area contributed by atoms with Crippen LogP contribution in [0.5, 0.6) is 6.01 Å². The summed E-state index contributed by atoms with van der Waals surface area (Å²) in [5.74, 6) is 0.384. The van der Waals surface area contributed by atoms with Gasteiger partial charge in [-0.1, -0.05) is 12.1 Å². The number of nitrogens with one attached hydrogen (secondary N) is 2. The minimum atomic E-state index is -0.293. The summed E-state index contributed by atoms with van der Waals surface area (Å²) in [6.45, 7) is 3.36. The molecule has 0 atom stereocenters. The van der Waals surface area contributed by atoms with Gasteiger partial charge in [0.15, 0.2) is 0 Å². The lowest BCUT2D eigenvalue weighted by molar-refractivity contribution is 0.0547. The number of anilines is 2. The summed E-state index contributed by atoms with van der Waals surface area (Å²) in [6, 6.07) is 6.46. The molecule has 0 spiro atoms. The Morgan fingerprint density at radius 1 is 1.00 bits per heavy atom. The number of halogens is 1. The third-order valence-corrected chi connectivity index (χ3v) is 3.30. The molecule has 27 heavy (non-hydrogen) atoms. The molecule has 1 aromatic heterocycles. The molecular formula is C17H25FN6O3. The summed E-state index contributed by atoms with van der Waals surface area (Å²) >= 11 is 0. The molecule has 148 valence electrons. The number of aromatic nitrogens is 3. The Hall–Kier alpha value is -2.56. The molecule has 0 unspecified atom stereocenters. The summed E-state index contributed by atoms with van der Waals surface area (Å²) in [4.78, 5) is 12.5. The SMILES string of the molecule is COc1nc(NCCOCCOCCN)nc(NCc2cccc(F)c2)n1. The van der Waals surface area contributed by atoms with E-state index in [1.165, 1.54) is 19.2 Å². The van der Waals surface area contributed by atoms with Crippen molar-refractivity contribution in [3.05, 3.63) is 35.6 Å². The Bertz CT molecular complexity index is 691. The van der Waals surface area contributed by atoms with Gasteiger partial charge in [-0.05, 0) is 17.7 Å². The van der Waals surface area contributed by atoms with Gasteiger partial charge < -0.3 is 30.6 Å². The van der Waals surface area contributed by atoms with Gasteiger partial charge >= 0.3 is 6.01 Å². The minimum Gasteiger partial charge on any atom is -0.467 e. The van der Waals surface area contributed by atoms with Crippen molar-refractivity contribution < 1.29 is 18.6 Å². The lowest BCUT2D eigenvalue weighted by Crippen LogP contribution is -2.16. The van der Waals surface area contributed by atoms with E-state index in [1.54, 1.807) is 6.07 Å². The molecule has 0 aliphatic carbocycles. The second-order valence-corrected chi connectivity index (χ2v) is 5.39. The van der Waals surface area contributed by atoms with E-state index in [4.69, 9.17) is 19.9 Å². The summed E-state index contributed by atoms with van der Waals surface area (Å²) in [5, 5.41) is 6.07. The molecule has 0 fully saturated rings. The molecule has 0 saturated heterocycles. The Morgan fingerprint density at radius 2 is 1.74 bits per heavy atom. The first kappa shape index (κ1) is 20.7. The zero-order chi connectivity index (χ0) is 19.3. The van der Waals surface area contributed by atoms with Crippen molar-refractivity contribution in [2.75, 3.05) is 57.3 Å². The number of rotatable bonds is 13. The Balaban J connectivity index is 1.80. The maximum Gasteiger partial charge on any atom is 0.322 e. The highest BCUT2D eigenvalue weighted by Crippen LogP contribution is 2.12. The number of hydrogen-bond acceptors (Lipinski definition) is 9. The highest BCUT2D eigenvalue weighted by molar-refractivity contribution is 5.36. The maximum absolute atomic E-state index is 13.2. The van der Waals surface area contributed by atoms with Crippen molar-refractivity contribution in [2.45, 2.75) is 6.54 Å². The molecule has 2 aromatic rings. The number of nitrogens with two attached hydrogens (primary N) is 1. The number of nitrogens with zero attached hydrogens (tertiary/aromatic N) is 3. The van der Waals surface area contributed by atoms with Crippen LogP contribution in [-0.2, 0) is 16.0 Å². The zero-order valence-electron chi connectivity index (χ0n) is 15.3. The molecule has 0 aliphatic rings. The number of methoxy groups -OCH3 is 1. The molecule has 10 heteroatoms. The zero-order valence-corrected chi connectivity index (χ0v) is 15.3. The number of benzene rings is 1. The van der Waals surface area contributed by atoms with Crippen LogP contribution in [0, 0.1) is 5.82 Å². The van der Waals surface area contributed by atoms with E-state index in [-0.39, 0.29) is 11.8 Å². The van der Waals surface area contributed by atoms with Crippen LogP contribution in [0.4, 0.5) is 16.3 Å². The quantitative estimate of drug-likeness (QED) is 0.438. The molecule has 1 heterocycles. The molecule has 0 bridgehead atoms. The summed E-state index contributed by atoms with van der Waals surface area (Å²) < 4.78 is 29.0. The molecule has 0 aliphatic heterocycles. The Morgan fingerprint density at radius 3 is 2.44 bits per heavy atom. The smallest absolute Gasteiger partial charge is 0.322 e. The standard InChI is InChI=1S/C17H25FN6O3/c1-25-17-23-15(20-6-8-27-10-9-26-7-5-19)22-16(24-17)21-12-13-3-2-4-14(18)11-13/h2-4,11H,5-10,12,19H2,1H3,(H2,20,21,22,23,24). The summed E-state index contributed by atoms with van der Waals surface area (Å²) in [7, 11) is 1.47. The topological polar surface area (TPSA) is 116 Å². The van der Waals surface area contributed by atoms with Crippen molar-refractivity contribution >= 4 is 11.9 Å². The van der Waals surface area contributed by atoms with Crippen LogP contribution in [0.15, 0.2) is 24.3 Å². The normalized spacial score (nSPS) is 10.6. The van der Waals surface area contributed by atoms with E-state index in [1.807, 2.05) is 6.07 Å². The van der Waals surface area contributed by atoms with Crippen molar-refractivity contribution in [3.63, 3.8) is 0 Å². The lowest BCUT2D eigenvalue weighted by atomic mass is 10.2. The van der Waals surface area contributed by atoms with Gasteiger partial charge in [-0.2, -0.15) is 15.0 Å². The van der Waals surface area contributed by atoms with E-state index in [2.05, 4.69) is 25.6 Å². The molecular weight excluding hydrogens is 355 g/mol. The van der Waals surface area contributed by atoms with Gasteiger partial charge in [-0.15, -0.1) is 0 Å². The Labute approximate surface area is 157 Å². The van der Waals surface area contributed by atoms with Gasteiger partial charge in [0.05, 0.1) is 33.5 Å². The van der Waals surface area contributed by atoms with E-state index >= 15 is 0 Å². The van der Waals surface area contributed by atoms with Gasteiger partial charge in [0.25, 0.3) is 0 Å². The minimum absolute atomic E-state index is 0.172. The molecule has 0 saturated carbocycles. The fraction of sp³-hybridized carbons (Fsp3) is 0.471. The van der Waals surface area contributed by atoms with Crippen molar-refractivity contribution in [3.8, 4) is 6.01 Å². The van der Waals surface area contributed by atoms with E-state index in [9.17, 15) is 4.39 Å². The van der Waals surface area contributed by atoms with E-state index in [0.717, 1.165) is 5.56 Å². The highest BCUT2D eigenvalue weighted by atomic mass is 19.1. The third kappa shape index (κ3) is 8.11. The lowest BCUT2D eigenvalue weighted by Gasteiger charge is -2.10.